The van der Waals surface area contributed by atoms with Crippen LogP contribution in [0.2, 0.25) is 0 Å². The van der Waals surface area contributed by atoms with Crippen LogP contribution in [0.4, 0.5) is 5.69 Å². The number of aromatic nitrogens is 3. The van der Waals surface area contributed by atoms with Crippen LogP contribution in [0.15, 0.2) is 41.6 Å². The number of carbonyl (C=O) groups is 1. The van der Waals surface area contributed by atoms with E-state index < -0.39 is 0 Å². The zero-order chi connectivity index (χ0) is 22.5. The maximum Gasteiger partial charge on any atom is 0.234 e. The standard InChI is InChI=1S/C24H30N4O2S/c1-7-28-23(19(6)30-20-12-16(3)10-17(4)13-20)26-27-24(28)31-14-22(29)25-21-9-8-15(2)11-18(21)5/h8-13,19H,7,14H2,1-6H3,(H,25,29). The predicted molar refractivity (Wildman–Crippen MR) is 126 cm³/mol. The molecule has 1 amide bonds. The van der Waals surface area contributed by atoms with Gasteiger partial charge in [-0.05, 0) is 76.4 Å². The van der Waals surface area contributed by atoms with E-state index >= 15 is 0 Å². The molecular weight excluding hydrogens is 408 g/mol. The highest BCUT2D eigenvalue weighted by Crippen LogP contribution is 2.26. The molecular formula is C24H30N4O2S. The van der Waals surface area contributed by atoms with Crippen LogP contribution < -0.4 is 10.1 Å². The molecule has 0 aliphatic rings. The Bertz CT molecular complexity index is 1060. The van der Waals surface area contributed by atoms with Gasteiger partial charge in [0.25, 0.3) is 0 Å². The Morgan fingerprint density at radius 2 is 1.77 bits per heavy atom. The summed E-state index contributed by atoms with van der Waals surface area (Å²) < 4.78 is 8.14. The number of rotatable bonds is 8. The van der Waals surface area contributed by atoms with Crippen LogP contribution in [0.25, 0.3) is 0 Å². The molecule has 31 heavy (non-hydrogen) atoms. The molecule has 164 valence electrons. The third-order valence-corrected chi connectivity index (χ3v) is 5.89. The quantitative estimate of drug-likeness (QED) is 0.477. The summed E-state index contributed by atoms with van der Waals surface area (Å²) in [6.07, 6.45) is -0.257. The summed E-state index contributed by atoms with van der Waals surface area (Å²) >= 11 is 1.38. The molecule has 1 aromatic heterocycles. The minimum Gasteiger partial charge on any atom is -0.483 e. The van der Waals surface area contributed by atoms with Gasteiger partial charge in [0.1, 0.15) is 5.75 Å². The van der Waals surface area contributed by atoms with Crippen molar-refractivity contribution in [3.8, 4) is 5.75 Å². The van der Waals surface area contributed by atoms with Crippen LogP contribution in [-0.2, 0) is 11.3 Å². The van der Waals surface area contributed by atoms with Crippen molar-refractivity contribution >= 4 is 23.4 Å². The highest BCUT2D eigenvalue weighted by Gasteiger charge is 2.20. The van der Waals surface area contributed by atoms with Crippen molar-refractivity contribution in [1.29, 1.82) is 0 Å². The first kappa shape index (κ1) is 22.9. The fraction of sp³-hybridized carbons (Fsp3) is 0.375. The Morgan fingerprint density at radius 3 is 2.42 bits per heavy atom. The fourth-order valence-corrected chi connectivity index (χ4v) is 4.34. The molecule has 0 radical (unpaired) electrons. The summed E-state index contributed by atoms with van der Waals surface area (Å²) in [6.45, 7) is 12.8. The van der Waals surface area contributed by atoms with Crippen LogP contribution in [0.1, 0.15) is 48.0 Å². The van der Waals surface area contributed by atoms with E-state index in [2.05, 4.69) is 41.5 Å². The average Bonchev–Trinajstić information content (AvgIpc) is 3.11. The first-order valence-electron chi connectivity index (χ1n) is 10.4. The Kier molecular flexibility index (Phi) is 7.38. The Balaban J connectivity index is 1.65. The smallest absolute Gasteiger partial charge is 0.234 e. The number of carbonyl (C=O) groups excluding carboxylic acids is 1. The molecule has 3 rings (SSSR count). The topological polar surface area (TPSA) is 69.0 Å². The lowest BCUT2D eigenvalue weighted by Crippen LogP contribution is -2.16. The van der Waals surface area contributed by atoms with E-state index in [1.165, 1.54) is 17.3 Å². The van der Waals surface area contributed by atoms with Gasteiger partial charge in [-0.3, -0.25) is 4.79 Å². The minimum absolute atomic E-state index is 0.0660. The molecule has 0 aliphatic carbocycles. The van der Waals surface area contributed by atoms with E-state index in [1.807, 2.05) is 56.5 Å². The second kappa shape index (κ2) is 10.0. The zero-order valence-electron chi connectivity index (χ0n) is 19.0. The number of benzene rings is 2. The number of anilines is 1. The summed E-state index contributed by atoms with van der Waals surface area (Å²) in [4.78, 5) is 12.5. The van der Waals surface area contributed by atoms with E-state index in [4.69, 9.17) is 4.74 Å². The van der Waals surface area contributed by atoms with Crippen LogP contribution in [-0.4, -0.2) is 26.4 Å². The number of thioether (sulfide) groups is 1. The third kappa shape index (κ3) is 5.88. The number of amides is 1. The van der Waals surface area contributed by atoms with Crippen molar-refractivity contribution < 1.29 is 9.53 Å². The van der Waals surface area contributed by atoms with Crippen molar-refractivity contribution in [2.75, 3.05) is 11.1 Å². The van der Waals surface area contributed by atoms with Crippen molar-refractivity contribution in [1.82, 2.24) is 14.8 Å². The number of nitrogens with one attached hydrogen (secondary N) is 1. The predicted octanol–water partition coefficient (Wildman–Crippen LogP) is 5.40. The average molecular weight is 439 g/mol. The molecule has 0 saturated carbocycles. The van der Waals surface area contributed by atoms with Gasteiger partial charge < -0.3 is 14.6 Å². The lowest BCUT2D eigenvalue weighted by molar-refractivity contribution is -0.113. The van der Waals surface area contributed by atoms with Crippen molar-refractivity contribution in [2.45, 2.75) is 59.3 Å². The van der Waals surface area contributed by atoms with E-state index in [-0.39, 0.29) is 17.8 Å². The van der Waals surface area contributed by atoms with Crippen LogP contribution in [0, 0.1) is 27.7 Å². The van der Waals surface area contributed by atoms with Crippen molar-refractivity contribution in [2.24, 2.45) is 0 Å². The molecule has 1 heterocycles. The van der Waals surface area contributed by atoms with Gasteiger partial charge in [0.05, 0.1) is 5.75 Å². The summed E-state index contributed by atoms with van der Waals surface area (Å²) in [5, 5.41) is 12.3. The molecule has 0 bridgehead atoms. The first-order valence-corrected chi connectivity index (χ1v) is 11.4. The van der Waals surface area contributed by atoms with Gasteiger partial charge in [-0.1, -0.05) is 35.5 Å². The summed E-state index contributed by atoms with van der Waals surface area (Å²) in [5.74, 6) is 1.76. The highest BCUT2D eigenvalue weighted by atomic mass is 32.2. The van der Waals surface area contributed by atoms with Gasteiger partial charge in [-0.15, -0.1) is 10.2 Å². The first-order chi connectivity index (χ1) is 14.8. The largest absolute Gasteiger partial charge is 0.483 e. The number of ether oxygens (including phenoxy) is 1. The lowest BCUT2D eigenvalue weighted by Gasteiger charge is -2.16. The van der Waals surface area contributed by atoms with Crippen molar-refractivity contribution in [3.05, 3.63) is 64.5 Å². The van der Waals surface area contributed by atoms with Crippen LogP contribution in [0.5, 0.6) is 5.75 Å². The molecule has 3 aromatic rings. The highest BCUT2D eigenvalue weighted by molar-refractivity contribution is 7.99. The Labute approximate surface area is 188 Å². The SMILES string of the molecule is CCn1c(SCC(=O)Nc2ccc(C)cc2C)nnc1C(C)Oc1cc(C)cc(C)c1. The number of nitrogens with zero attached hydrogens (tertiary/aromatic N) is 3. The molecule has 1 unspecified atom stereocenters. The van der Waals surface area contributed by atoms with Gasteiger partial charge in [-0.25, -0.2) is 0 Å². The third-order valence-electron chi connectivity index (χ3n) is 4.92. The number of hydrogen-bond donors (Lipinski definition) is 1. The zero-order valence-corrected chi connectivity index (χ0v) is 19.8. The van der Waals surface area contributed by atoms with Crippen LogP contribution >= 0.6 is 11.8 Å². The van der Waals surface area contributed by atoms with E-state index in [1.54, 1.807) is 0 Å². The van der Waals surface area contributed by atoms with Crippen LogP contribution in [0.3, 0.4) is 0 Å². The molecule has 6 nitrogen and oxygen atoms in total. The second-order valence-electron chi connectivity index (χ2n) is 7.82. The molecule has 7 heteroatoms. The van der Waals surface area contributed by atoms with E-state index in [9.17, 15) is 4.79 Å². The van der Waals surface area contributed by atoms with Gasteiger partial charge in [0.15, 0.2) is 17.1 Å². The summed E-state index contributed by atoms with van der Waals surface area (Å²) in [6, 6.07) is 12.1. The van der Waals surface area contributed by atoms with Gasteiger partial charge in [-0.2, -0.15) is 0 Å². The molecule has 1 N–H and O–H groups in total. The van der Waals surface area contributed by atoms with Gasteiger partial charge >= 0.3 is 0 Å². The molecule has 1 atom stereocenters. The molecule has 0 fully saturated rings. The maximum absolute atomic E-state index is 12.5. The number of aryl methyl sites for hydroxylation is 4. The normalized spacial score (nSPS) is 11.9. The summed E-state index contributed by atoms with van der Waals surface area (Å²) in [7, 11) is 0. The summed E-state index contributed by atoms with van der Waals surface area (Å²) in [5.41, 5.74) is 5.38. The molecule has 0 spiro atoms. The Morgan fingerprint density at radius 1 is 1.06 bits per heavy atom. The molecule has 2 aromatic carbocycles. The number of hydrogen-bond acceptors (Lipinski definition) is 5. The van der Waals surface area contributed by atoms with E-state index in [0.29, 0.717) is 11.7 Å². The van der Waals surface area contributed by atoms with Gasteiger partial charge in [0.2, 0.25) is 5.91 Å². The second-order valence-corrected chi connectivity index (χ2v) is 8.77. The van der Waals surface area contributed by atoms with E-state index in [0.717, 1.165) is 34.0 Å². The minimum atomic E-state index is -0.257. The molecule has 0 saturated heterocycles. The fourth-order valence-electron chi connectivity index (χ4n) is 3.53. The lowest BCUT2D eigenvalue weighted by atomic mass is 10.1. The maximum atomic E-state index is 12.5. The molecule has 0 aliphatic heterocycles. The monoisotopic (exact) mass is 438 g/mol. The van der Waals surface area contributed by atoms with Crippen molar-refractivity contribution in [3.63, 3.8) is 0 Å². The van der Waals surface area contributed by atoms with Gasteiger partial charge in [0, 0.05) is 12.2 Å². The Hall–Kier alpha value is -2.80.